The summed E-state index contributed by atoms with van der Waals surface area (Å²) < 4.78 is 7.04. The maximum Gasteiger partial charge on any atom is 0.263 e. The van der Waals surface area contributed by atoms with Crippen LogP contribution in [0.3, 0.4) is 0 Å². The van der Waals surface area contributed by atoms with Crippen molar-refractivity contribution < 1.29 is 4.43 Å². The molecule has 1 atom stereocenters. The summed E-state index contributed by atoms with van der Waals surface area (Å²) in [6.07, 6.45) is 2.12. The van der Waals surface area contributed by atoms with Crippen molar-refractivity contribution in [2.75, 3.05) is 0 Å². The average Bonchev–Trinajstić information content (AvgIpc) is 2.53. The van der Waals surface area contributed by atoms with Crippen LogP contribution in [0.1, 0.15) is 41.5 Å². The predicted octanol–water partition coefficient (Wildman–Crippen LogP) is 5.16. The third-order valence-corrected chi connectivity index (χ3v) is 9.77. The van der Waals surface area contributed by atoms with Gasteiger partial charge in [-0.25, -0.2) is 0 Å². The highest BCUT2D eigenvalue weighted by Gasteiger charge is 2.52. The Bertz CT molecular complexity index is 638. The molecule has 134 valence electrons. The molecule has 0 fully saturated rings. The Hall–Kier alpha value is -1.64. The molecule has 0 radical (unpaired) electrons. The molecule has 0 saturated carbocycles. The van der Waals surface area contributed by atoms with Gasteiger partial charge in [0.15, 0.2) is 0 Å². The number of allylic oxidation sites excluding steroid dienone is 1. The van der Waals surface area contributed by atoms with Crippen molar-refractivity contribution in [2.24, 2.45) is 5.41 Å². The van der Waals surface area contributed by atoms with E-state index in [2.05, 4.69) is 115 Å². The van der Waals surface area contributed by atoms with Crippen LogP contribution < -0.4 is 10.4 Å². The quantitative estimate of drug-likeness (QED) is 0.533. The zero-order valence-electron chi connectivity index (χ0n) is 16.5. The molecule has 0 saturated heterocycles. The second-order valence-electron chi connectivity index (χ2n) is 8.76. The predicted molar refractivity (Wildman–Crippen MR) is 112 cm³/mol. The maximum atomic E-state index is 7.04. The summed E-state index contributed by atoms with van der Waals surface area (Å²) in [5, 5.41) is 2.60. The first-order valence-electron chi connectivity index (χ1n) is 9.05. The average molecular weight is 353 g/mol. The van der Waals surface area contributed by atoms with E-state index in [1.54, 1.807) is 0 Å². The molecule has 0 aliphatic heterocycles. The van der Waals surface area contributed by atoms with Gasteiger partial charge in [-0.2, -0.15) is 0 Å². The Balaban J connectivity index is 2.85. The van der Waals surface area contributed by atoms with Crippen LogP contribution in [0.2, 0.25) is 5.54 Å². The summed E-state index contributed by atoms with van der Waals surface area (Å²) in [5.74, 6) is 0. The lowest BCUT2D eigenvalue weighted by Crippen LogP contribution is -2.68. The molecule has 0 amide bonds. The highest BCUT2D eigenvalue weighted by Crippen LogP contribution is 2.42. The zero-order chi connectivity index (χ0) is 18.7. The third kappa shape index (κ3) is 4.31. The second-order valence-corrected chi connectivity index (χ2v) is 12.2. The third-order valence-electron chi connectivity index (χ3n) is 4.48. The van der Waals surface area contributed by atoms with E-state index in [4.69, 9.17) is 4.43 Å². The molecule has 2 aromatic carbocycles. The Morgan fingerprint density at radius 3 is 1.48 bits per heavy atom. The topological polar surface area (TPSA) is 9.23 Å². The van der Waals surface area contributed by atoms with E-state index >= 15 is 0 Å². The van der Waals surface area contributed by atoms with E-state index in [1.807, 2.05) is 0 Å². The summed E-state index contributed by atoms with van der Waals surface area (Å²) in [6, 6.07) is 21.5. The maximum absolute atomic E-state index is 7.04. The van der Waals surface area contributed by atoms with Gasteiger partial charge < -0.3 is 4.43 Å². The van der Waals surface area contributed by atoms with Crippen molar-refractivity contribution in [1.82, 2.24) is 0 Å². The van der Waals surface area contributed by atoms with Crippen LogP contribution in [0.4, 0.5) is 0 Å². The minimum absolute atomic E-state index is 0.0465. The Morgan fingerprint density at radius 1 is 0.800 bits per heavy atom. The smallest absolute Gasteiger partial charge is 0.263 e. The molecular weight excluding hydrogens is 320 g/mol. The first-order chi connectivity index (χ1) is 11.6. The number of hydrogen-bond acceptors (Lipinski definition) is 1. The van der Waals surface area contributed by atoms with Crippen LogP contribution in [0, 0.1) is 5.41 Å². The van der Waals surface area contributed by atoms with Crippen LogP contribution in [0.25, 0.3) is 0 Å². The SMILES string of the molecule is C=CC(C(C)(C)C)[Si](OC(C)(C)C)(c1ccccc1)c1ccccc1. The first kappa shape index (κ1) is 19.7. The number of benzene rings is 2. The van der Waals surface area contributed by atoms with Crippen molar-refractivity contribution in [2.45, 2.75) is 52.7 Å². The number of rotatable bonds is 5. The minimum Gasteiger partial charge on any atom is -0.403 e. The molecule has 2 aromatic rings. The lowest BCUT2D eigenvalue weighted by atomic mass is 9.91. The summed E-state index contributed by atoms with van der Waals surface area (Å²) in [6.45, 7) is 17.6. The molecule has 2 heteroatoms. The molecule has 0 aliphatic rings. The Labute approximate surface area is 154 Å². The normalized spacial score (nSPS) is 14.2. The van der Waals surface area contributed by atoms with E-state index in [1.165, 1.54) is 10.4 Å². The van der Waals surface area contributed by atoms with Crippen LogP contribution in [-0.4, -0.2) is 13.9 Å². The largest absolute Gasteiger partial charge is 0.403 e. The van der Waals surface area contributed by atoms with Gasteiger partial charge in [0.25, 0.3) is 8.32 Å². The van der Waals surface area contributed by atoms with Crippen molar-refractivity contribution in [3.8, 4) is 0 Å². The molecule has 0 aliphatic carbocycles. The molecule has 1 nitrogen and oxygen atoms in total. The van der Waals surface area contributed by atoms with Gasteiger partial charge in [0.1, 0.15) is 0 Å². The van der Waals surface area contributed by atoms with Crippen molar-refractivity contribution in [1.29, 1.82) is 0 Å². The summed E-state index contributed by atoms with van der Waals surface area (Å²) in [4.78, 5) is 0. The van der Waals surface area contributed by atoms with Gasteiger partial charge in [-0.1, -0.05) is 87.5 Å². The van der Waals surface area contributed by atoms with Crippen molar-refractivity contribution >= 4 is 18.7 Å². The molecule has 0 spiro atoms. The molecule has 1 unspecified atom stereocenters. The van der Waals surface area contributed by atoms with Gasteiger partial charge in [-0.05, 0) is 36.6 Å². The first-order valence-corrected chi connectivity index (χ1v) is 11.0. The standard InChI is InChI=1S/C23H32OSi/c1-8-21(22(2,3)4)25(24-23(5,6)7,19-15-11-9-12-16-19)20-17-13-10-14-18-20/h8-18,21H,1H2,2-7H3. The van der Waals surface area contributed by atoms with E-state index in [-0.39, 0.29) is 16.6 Å². The minimum atomic E-state index is -2.57. The van der Waals surface area contributed by atoms with Crippen LogP contribution in [0.5, 0.6) is 0 Å². The van der Waals surface area contributed by atoms with Gasteiger partial charge in [-0.3, -0.25) is 0 Å². The Kier molecular flexibility index (Phi) is 5.75. The molecule has 0 N–H and O–H groups in total. The fourth-order valence-electron chi connectivity index (χ4n) is 3.69. The summed E-state index contributed by atoms with van der Waals surface area (Å²) >= 11 is 0. The van der Waals surface area contributed by atoms with E-state index in [0.717, 1.165) is 0 Å². The van der Waals surface area contributed by atoms with Gasteiger partial charge >= 0.3 is 0 Å². The molecule has 0 bridgehead atoms. The van der Waals surface area contributed by atoms with Gasteiger partial charge in [0.2, 0.25) is 0 Å². The van der Waals surface area contributed by atoms with Crippen LogP contribution in [-0.2, 0) is 4.43 Å². The summed E-state index contributed by atoms with van der Waals surface area (Å²) in [5.41, 5.74) is 0.0408. The van der Waals surface area contributed by atoms with E-state index in [0.29, 0.717) is 0 Å². The second kappa shape index (κ2) is 7.31. The monoisotopic (exact) mass is 352 g/mol. The van der Waals surface area contributed by atoms with E-state index in [9.17, 15) is 0 Å². The molecule has 25 heavy (non-hydrogen) atoms. The fourth-order valence-corrected chi connectivity index (χ4v) is 9.00. The van der Waals surface area contributed by atoms with E-state index < -0.39 is 8.32 Å². The summed E-state index contributed by atoms with van der Waals surface area (Å²) in [7, 11) is -2.57. The van der Waals surface area contributed by atoms with Crippen molar-refractivity contribution in [3.05, 3.63) is 73.3 Å². The van der Waals surface area contributed by atoms with Gasteiger partial charge in [-0.15, -0.1) is 6.58 Å². The van der Waals surface area contributed by atoms with Crippen LogP contribution >= 0.6 is 0 Å². The lowest BCUT2D eigenvalue weighted by Gasteiger charge is -2.47. The zero-order valence-corrected chi connectivity index (χ0v) is 17.5. The lowest BCUT2D eigenvalue weighted by molar-refractivity contribution is 0.118. The van der Waals surface area contributed by atoms with Crippen molar-refractivity contribution in [3.63, 3.8) is 0 Å². The molecular formula is C23H32OSi. The Morgan fingerprint density at radius 2 is 1.20 bits per heavy atom. The molecule has 0 aromatic heterocycles. The van der Waals surface area contributed by atoms with Gasteiger partial charge in [0, 0.05) is 11.1 Å². The number of hydrogen-bond donors (Lipinski definition) is 0. The fraction of sp³-hybridized carbons (Fsp3) is 0.391. The highest BCUT2D eigenvalue weighted by molar-refractivity contribution is 6.99. The highest BCUT2D eigenvalue weighted by atomic mass is 28.4. The molecule has 2 rings (SSSR count). The van der Waals surface area contributed by atoms with Gasteiger partial charge in [0.05, 0.1) is 0 Å². The molecule has 0 heterocycles. The van der Waals surface area contributed by atoms with Crippen LogP contribution in [0.15, 0.2) is 73.3 Å².